The molecule has 3 heteroatoms. The van der Waals surface area contributed by atoms with Crippen LogP contribution in [0.4, 0.5) is 0 Å². The number of rotatable bonds is 21. The van der Waals surface area contributed by atoms with Crippen LogP contribution in [0.3, 0.4) is 0 Å². The predicted molar refractivity (Wildman–Crippen MR) is 116 cm³/mol. The molecule has 3 nitrogen and oxygen atoms in total. The average molecular weight is 385 g/mol. The fraction of sp³-hybridized carbons (Fsp3) is 0.958. The van der Waals surface area contributed by atoms with Crippen molar-refractivity contribution in [2.75, 3.05) is 6.61 Å². The largest absolute Gasteiger partial charge is 0.460 e. The number of hydrogen-bond acceptors (Lipinski definition) is 3. The van der Waals surface area contributed by atoms with Gasteiger partial charge in [0.05, 0.1) is 6.61 Å². The Balaban J connectivity index is 3.13. The monoisotopic (exact) mass is 384 g/mol. The van der Waals surface area contributed by atoms with Crippen LogP contribution < -0.4 is 0 Å². The Kier molecular flexibility index (Phi) is 21.3. The number of hydrogen-bond donors (Lipinski definition) is 1. The topological polar surface area (TPSA) is 46.5 Å². The van der Waals surface area contributed by atoms with E-state index in [1.165, 1.54) is 116 Å². The van der Waals surface area contributed by atoms with Gasteiger partial charge in [-0.2, -0.15) is 0 Å². The minimum absolute atomic E-state index is 0.0570. The van der Waals surface area contributed by atoms with E-state index in [0.29, 0.717) is 0 Å². The molecule has 1 atom stereocenters. The van der Waals surface area contributed by atoms with Crippen molar-refractivity contribution >= 4 is 5.97 Å². The lowest BCUT2D eigenvalue weighted by molar-refractivity contribution is -0.148. The highest BCUT2D eigenvalue weighted by Gasteiger charge is 2.09. The van der Waals surface area contributed by atoms with Crippen molar-refractivity contribution in [3.8, 4) is 0 Å². The summed E-state index contributed by atoms with van der Waals surface area (Å²) in [7, 11) is 0. The Morgan fingerprint density at radius 2 is 1.00 bits per heavy atom. The van der Waals surface area contributed by atoms with Crippen molar-refractivity contribution in [2.45, 2.75) is 142 Å². The number of aliphatic hydroxyl groups excluding tert-OH is 1. The van der Waals surface area contributed by atoms with Gasteiger partial charge < -0.3 is 9.84 Å². The number of carbonyl (C=O) groups excluding carboxylic acids is 1. The Hall–Kier alpha value is -0.570. The summed E-state index contributed by atoms with van der Waals surface area (Å²) in [4.78, 5) is 10.9. The van der Waals surface area contributed by atoms with Crippen LogP contribution >= 0.6 is 0 Å². The van der Waals surface area contributed by atoms with Gasteiger partial charge in [0.15, 0.2) is 0 Å². The van der Waals surface area contributed by atoms with Gasteiger partial charge in [-0.25, -0.2) is 0 Å². The quantitative estimate of drug-likeness (QED) is 0.166. The first-order valence-corrected chi connectivity index (χ1v) is 12.0. The highest BCUT2D eigenvalue weighted by molar-refractivity contribution is 5.66. The van der Waals surface area contributed by atoms with Crippen LogP contribution in [0.5, 0.6) is 0 Å². The third kappa shape index (κ3) is 21.6. The number of carbonyl (C=O) groups is 1. The molecule has 0 spiro atoms. The summed E-state index contributed by atoms with van der Waals surface area (Å²) in [5.41, 5.74) is 0. The minimum atomic E-state index is -0.302. The second kappa shape index (κ2) is 21.7. The molecule has 0 aliphatic carbocycles. The molecule has 0 aromatic rings. The molecule has 0 heterocycles. The van der Waals surface area contributed by atoms with Crippen LogP contribution in [0.15, 0.2) is 0 Å². The molecule has 0 aromatic heterocycles. The lowest BCUT2D eigenvalue weighted by Crippen LogP contribution is -2.20. The molecule has 0 radical (unpaired) electrons. The summed E-state index contributed by atoms with van der Waals surface area (Å²) in [6.45, 7) is 3.63. The molecular formula is C24H48O3. The number of aliphatic hydroxyl groups is 1. The van der Waals surface area contributed by atoms with Crippen molar-refractivity contribution < 1.29 is 14.6 Å². The van der Waals surface area contributed by atoms with Gasteiger partial charge in [0.25, 0.3) is 0 Å². The second-order valence-corrected chi connectivity index (χ2v) is 8.21. The van der Waals surface area contributed by atoms with Gasteiger partial charge in [-0.3, -0.25) is 4.79 Å². The van der Waals surface area contributed by atoms with Gasteiger partial charge in [-0.05, 0) is 12.8 Å². The fourth-order valence-corrected chi connectivity index (χ4v) is 3.70. The molecule has 0 saturated carbocycles. The van der Waals surface area contributed by atoms with Gasteiger partial charge in [0.1, 0.15) is 6.10 Å². The summed E-state index contributed by atoms with van der Waals surface area (Å²) in [6.07, 6.45) is 25.1. The van der Waals surface area contributed by atoms with Gasteiger partial charge >= 0.3 is 5.97 Å². The first-order valence-electron chi connectivity index (χ1n) is 12.0. The number of unbranched alkanes of at least 4 members (excludes halogenated alkanes) is 17. The maximum atomic E-state index is 10.9. The fourth-order valence-electron chi connectivity index (χ4n) is 3.70. The lowest BCUT2D eigenvalue weighted by Gasteiger charge is -2.13. The van der Waals surface area contributed by atoms with Crippen molar-refractivity contribution in [1.82, 2.24) is 0 Å². The van der Waals surface area contributed by atoms with E-state index in [-0.39, 0.29) is 18.7 Å². The Morgan fingerprint density at radius 1 is 0.667 bits per heavy atom. The molecule has 0 rings (SSSR count). The van der Waals surface area contributed by atoms with Crippen molar-refractivity contribution in [3.63, 3.8) is 0 Å². The van der Waals surface area contributed by atoms with E-state index in [1.54, 1.807) is 0 Å². The molecule has 1 unspecified atom stereocenters. The third-order valence-corrected chi connectivity index (χ3v) is 5.42. The maximum Gasteiger partial charge on any atom is 0.302 e. The summed E-state index contributed by atoms with van der Waals surface area (Å²) in [6, 6.07) is 0. The Bertz CT molecular complexity index is 304. The summed E-state index contributed by atoms with van der Waals surface area (Å²) in [5, 5.41) is 9.14. The number of ether oxygens (including phenoxy) is 1. The van der Waals surface area contributed by atoms with E-state index in [4.69, 9.17) is 9.84 Å². The van der Waals surface area contributed by atoms with E-state index >= 15 is 0 Å². The zero-order valence-electron chi connectivity index (χ0n) is 18.5. The Morgan fingerprint density at radius 3 is 1.30 bits per heavy atom. The van der Waals surface area contributed by atoms with Crippen LogP contribution in [0.25, 0.3) is 0 Å². The van der Waals surface area contributed by atoms with E-state index in [0.717, 1.165) is 12.8 Å². The van der Waals surface area contributed by atoms with E-state index < -0.39 is 0 Å². The zero-order chi connectivity index (χ0) is 20.0. The van der Waals surface area contributed by atoms with E-state index in [9.17, 15) is 4.79 Å². The molecule has 27 heavy (non-hydrogen) atoms. The molecular weight excluding hydrogens is 336 g/mol. The van der Waals surface area contributed by atoms with Crippen molar-refractivity contribution in [1.29, 1.82) is 0 Å². The van der Waals surface area contributed by atoms with Crippen LogP contribution in [0.2, 0.25) is 0 Å². The first-order chi connectivity index (χ1) is 13.2. The van der Waals surface area contributed by atoms with Gasteiger partial charge in [-0.15, -0.1) is 0 Å². The first kappa shape index (κ1) is 26.4. The van der Waals surface area contributed by atoms with E-state index in [2.05, 4.69) is 6.92 Å². The van der Waals surface area contributed by atoms with Crippen LogP contribution in [0, 0.1) is 0 Å². The summed E-state index contributed by atoms with van der Waals surface area (Å²) < 4.78 is 5.04. The molecule has 1 N–H and O–H groups in total. The second-order valence-electron chi connectivity index (χ2n) is 8.21. The zero-order valence-corrected chi connectivity index (χ0v) is 18.5. The SMILES string of the molecule is CCCCCCCCCCCCCCCCCCCCC(CO)OC(C)=O. The highest BCUT2D eigenvalue weighted by atomic mass is 16.5. The van der Waals surface area contributed by atoms with Crippen LogP contribution in [-0.2, 0) is 9.53 Å². The third-order valence-electron chi connectivity index (χ3n) is 5.42. The molecule has 0 aliphatic heterocycles. The van der Waals surface area contributed by atoms with Crippen molar-refractivity contribution in [2.24, 2.45) is 0 Å². The van der Waals surface area contributed by atoms with Crippen molar-refractivity contribution in [3.05, 3.63) is 0 Å². The summed E-state index contributed by atoms with van der Waals surface area (Å²) in [5.74, 6) is -0.295. The van der Waals surface area contributed by atoms with Crippen LogP contribution in [-0.4, -0.2) is 23.8 Å². The van der Waals surface area contributed by atoms with Gasteiger partial charge in [0, 0.05) is 6.92 Å². The molecule has 0 saturated heterocycles. The van der Waals surface area contributed by atoms with Gasteiger partial charge in [0.2, 0.25) is 0 Å². The lowest BCUT2D eigenvalue weighted by atomic mass is 10.0. The predicted octanol–water partition coefficient (Wildman–Crippen LogP) is 7.34. The molecule has 0 aromatic carbocycles. The average Bonchev–Trinajstić information content (AvgIpc) is 2.65. The highest BCUT2D eigenvalue weighted by Crippen LogP contribution is 2.15. The normalized spacial score (nSPS) is 12.3. The standard InChI is InChI=1S/C24H48O3/c1-3-4-5-6-7-8-9-10-11-12-13-14-15-16-17-18-19-20-21-24(22-25)27-23(2)26/h24-25H,3-22H2,1-2H3. The maximum absolute atomic E-state index is 10.9. The molecule has 0 amide bonds. The van der Waals surface area contributed by atoms with Crippen LogP contribution in [0.1, 0.15) is 136 Å². The number of esters is 1. The minimum Gasteiger partial charge on any atom is -0.460 e. The summed E-state index contributed by atoms with van der Waals surface area (Å²) >= 11 is 0. The molecule has 0 fully saturated rings. The molecule has 0 bridgehead atoms. The Labute approximate surface area is 169 Å². The van der Waals surface area contributed by atoms with Gasteiger partial charge in [-0.1, -0.05) is 116 Å². The smallest absolute Gasteiger partial charge is 0.302 e. The molecule has 0 aliphatic rings. The van der Waals surface area contributed by atoms with E-state index in [1.807, 2.05) is 0 Å². The molecule has 162 valence electrons.